The number of piperidine rings is 1. The minimum absolute atomic E-state index is 0.0298. The van der Waals surface area contributed by atoms with E-state index in [-0.39, 0.29) is 11.7 Å². The van der Waals surface area contributed by atoms with Crippen LogP contribution in [0.2, 0.25) is 0 Å². The number of aryl methyl sites for hydroxylation is 2. The van der Waals surface area contributed by atoms with E-state index in [0.29, 0.717) is 24.7 Å². The maximum absolute atomic E-state index is 12.2. The zero-order valence-corrected chi connectivity index (χ0v) is 15.0. The first-order valence-corrected chi connectivity index (χ1v) is 9.76. The molecule has 3 heterocycles. The monoisotopic (exact) mass is 350 g/mol. The summed E-state index contributed by atoms with van der Waals surface area (Å²) in [6, 6.07) is 1.85. The van der Waals surface area contributed by atoms with Gasteiger partial charge in [-0.25, -0.2) is 22.7 Å². The number of sulfonamides is 1. The number of rotatable bonds is 4. The molecule has 130 valence electrons. The highest BCUT2D eigenvalue weighted by Gasteiger charge is 2.31. The van der Waals surface area contributed by atoms with Crippen LogP contribution in [-0.4, -0.2) is 46.7 Å². The summed E-state index contributed by atoms with van der Waals surface area (Å²) < 4.78 is 31.4. The molecule has 0 bridgehead atoms. The van der Waals surface area contributed by atoms with Crippen molar-refractivity contribution in [1.29, 1.82) is 0 Å². The van der Waals surface area contributed by atoms with Gasteiger partial charge in [0.15, 0.2) is 5.76 Å². The van der Waals surface area contributed by atoms with Gasteiger partial charge >= 0.3 is 0 Å². The standard InChI is InChI=1S/C16H22N4O3S/c1-4-24(21,22)20-7-5-6-13(10-20)16-14(9-17-12(3)18-16)15-8-11(2)19-23-15/h8-9,13H,4-7,10H2,1-3H3/t13-/m1/s1. The summed E-state index contributed by atoms with van der Waals surface area (Å²) in [7, 11) is -3.19. The van der Waals surface area contributed by atoms with E-state index in [1.807, 2.05) is 19.9 Å². The highest BCUT2D eigenvalue weighted by molar-refractivity contribution is 7.89. The first-order valence-electron chi connectivity index (χ1n) is 8.15. The van der Waals surface area contributed by atoms with Gasteiger partial charge in [0.25, 0.3) is 0 Å². The minimum atomic E-state index is -3.19. The van der Waals surface area contributed by atoms with Gasteiger partial charge < -0.3 is 4.52 Å². The molecule has 0 amide bonds. The van der Waals surface area contributed by atoms with Crippen molar-refractivity contribution in [3.05, 3.63) is 29.5 Å². The summed E-state index contributed by atoms with van der Waals surface area (Å²) in [5.74, 6) is 1.44. The minimum Gasteiger partial charge on any atom is -0.356 e. The van der Waals surface area contributed by atoms with Gasteiger partial charge in [0.1, 0.15) is 5.82 Å². The molecule has 1 saturated heterocycles. The lowest BCUT2D eigenvalue weighted by Crippen LogP contribution is -2.40. The van der Waals surface area contributed by atoms with Crippen molar-refractivity contribution in [2.75, 3.05) is 18.8 Å². The van der Waals surface area contributed by atoms with Crippen LogP contribution in [0.5, 0.6) is 0 Å². The SMILES string of the molecule is CCS(=O)(=O)N1CCC[C@@H](c2nc(C)ncc2-c2cc(C)no2)C1. The first kappa shape index (κ1) is 17.0. The van der Waals surface area contributed by atoms with E-state index in [1.54, 1.807) is 17.4 Å². The normalized spacial score (nSPS) is 19.5. The van der Waals surface area contributed by atoms with Crippen molar-refractivity contribution in [1.82, 2.24) is 19.4 Å². The summed E-state index contributed by atoms with van der Waals surface area (Å²) in [6.45, 7) is 6.40. The van der Waals surface area contributed by atoms with E-state index >= 15 is 0 Å². The number of hydrogen-bond donors (Lipinski definition) is 0. The number of hydrogen-bond acceptors (Lipinski definition) is 6. The van der Waals surface area contributed by atoms with Crippen LogP contribution in [0.15, 0.2) is 16.8 Å². The molecule has 8 heteroatoms. The van der Waals surface area contributed by atoms with E-state index in [0.717, 1.165) is 29.8 Å². The van der Waals surface area contributed by atoms with Gasteiger partial charge in [-0.05, 0) is 33.6 Å². The average molecular weight is 350 g/mol. The topological polar surface area (TPSA) is 89.2 Å². The lowest BCUT2D eigenvalue weighted by Gasteiger charge is -2.32. The van der Waals surface area contributed by atoms with Gasteiger partial charge in [-0.1, -0.05) is 5.16 Å². The highest BCUT2D eigenvalue weighted by Crippen LogP contribution is 2.34. The van der Waals surface area contributed by atoms with Crippen LogP contribution in [-0.2, 0) is 10.0 Å². The van der Waals surface area contributed by atoms with Crippen molar-refractivity contribution in [2.24, 2.45) is 0 Å². The van der Waals surface area contributed by atoms with Gasteiger partial charge in [0.2, 0.25) is 10.0 Å². The second-order valence-corrected chi connectivity index (χ2v) is 8.40. The lowest BCUT2D eigenvalue weighted by atomic mass is 9.92. The van der Waals surface area contributed by atoms with Gasteiger partial charge in [-0.2, -0.15) is 0 Å². The van der Waals surface area contributed by atoms with Crippen molar-refractivity contribution >= 4 is 10.0 Å². The molecule has 1 fully saturated rings. The number of nitrogens with zero attached hydrogens (tertiary/aromatic N) is 4. The third-order valence-electron chi connectivity index (χ3n) is 4.36. The molecule has 0 radical (unpaired) electrons. The summed E-state index contributed by atoms with van der Waals surface area (Å²) in [5.41, 5.74) is 2.42. The Morgan fingerprint density at radius 1 is 1.38 bits per heavy atom. The third kappa shape index (κ3) is 3.34. The fourth-order valence-corrected chi connectivity index (χ4v) is 4.26. The Bertz CT molecular complexity index is 832. The van der Waals surface area contributed by atoms with Crippen LogP contribution in [0.25, 0.3) is 11.3 Å². The van der Waals surface area contributed by atoms with Crippen LogP contribution < -0.4 is 0 Å². The van der Waals surface area contributed by atoms with Crippen molar-refractivity contribution in [3.63, 3.8) is 0 Å². The van der Waals surface area contributed by atoms with Crippen LogP contribution in [0.3, 0.4) is 0 Å². The molecule has 7 nitrogen and oxygen atoms in total. The predicted molar refractivity (Wildman–Crippen MR) is 90.0 cm³/mol. The Labute approximate surface area is 142 Å². The summed E-state index contributed by atoms with van der Waals surface area (Å²) >= 11 is 0. The van der Waals surface area contributed by atoms with E-state index in [1.165, 1.54) is 0 Å². The van der Waals surface area contributed by atoms with Gasteiger partial charge in [-0.3, -0.25) is 0 Å². The fraction of sp³-hybridized carbons (Fsp3) is 0.562. The quantitative estimate of drug-likeness (QED) is 0.840. The molecule has 0 saturated carbocycles. The Balaban J connectivity index is 1.98. The molecule has 0 N–H and O–H groups in total. The lowest BCUT2D eigenvalue weighted by molar-refractivity contribution is 0.312. The van der Waals surface area contributed by atoms with Gasteiger partial charge in [0.05, 0.1) is 22.7 Å². The zero-order chi connectivity index (χ0) is 17.3. The third-order valence-corrected chi connectivity index (χ3v) is 6.21. The summed E-state index contributed by atoms with van der Waals surface area (Å²) in [4.78, 5) is 8.88. The van der Waals surface area contributed by atoms with Crippen LogP contribution in [0.4, 0.5) is 0 Å². The Morgan fingerprint density at radius 3 is 2.83 bits per heavy atom. The molecule has 0 aromatic carbocycles. The average Bonchev–Trinajstić information content (AvgIpc) is 3.01. The molecule has 0 unspecified atom stereocenters. The molecule has 24 heavy (non-hydrogen) atoms. The maximum Gasteiger partial charge on any atom is 0.213 e. The predicted octanol–water partition coefficient (Wildman–Crippen LogP) is 2.28. The fourth-order valence-electron chi connectivity index (χ4n) is 3.08. The molecular formula is C16H22N4O3S. The Morgan fingerprint density at radius 2 is 2.17 bits per heavy atom. The molecule has 0 aliphatic carbocycles. The second kappa shape index (κ2) is 6.60. The van der Waals surface area contributed by atoms with Crippen molar-refractivity contribution in [2.45, 2.75) is 39.5 Å². The summed E-state index contributed by atoms with van der Waals surface area (Å²) in [6.07, 6.45) is 3.46. The smallest absolute Gasteiger partial charge is 0.213 e. The molecule has 1 atom stereocenters. The Kier molecular flexibility index (Phi) is 4.69. The second-order valence-electron chi connectivity index (χ2n) is 6.15. The van der Waals surface area contributed by atoms with Gasteiger partial charge in [-0.15, -0.1) is 0 Å². The first-order chi connectivity index (χ1) is 11.4. The van der Waals surface area contributed by atoms with Gasteiger partial charge in [0, 0.05) is 31.3 Å². The molecule has 2 aromatic heterocycles. The highest BCUT2D eigenvalue weighted by atomic mass is 32.2. The summed E-state index contributed by atoms with van der Waals surface area (Å²) in [5, 5.41) is 3.93. The van der Waals surface area contributed by atoms with Crippen LogP contribution in [0, 0.1) is 13.8 Å². The molecule has 3 rings (SSSR count). The van der Waals surface area contributed by atoms with E-state index in [2.05, 4.69) is 15.1 Å². The van der Waals surface area contributed by atoms with Crippen molar-refractivity contribution in [3.8, 4) is 11.3 Å². The van der Waals surface area contributed by atoms with Crippen molar-refractivity contribution < 1.29 is 12.9 Å². The van der Waals surface area contributed by atoms with Crippen LogP contribution >= 0.6 is 0 Å². The zero-order valence-electron chi connectivity index (χ0n) is 14.2. The molecule has 1 aliphatic rings. The Hall–Kier alpha value is -1.80. The maximum atomic E-state index is 12.2. The van der Waals surface area contributed by atoms with E-state index in [9.17, 15) is 8.42 Å². The number of aromatic nitrogens is 3. The molecular weight excluding hydrogens is 328 g/mol. The largest absolute Gasteiger partial charge is 0.356 e. The van der Waals surface area contributed by atoms with E-state index < -0.39 is 10.0 Å². The molecule has 0 spiro atoms. The molecule has 2 aromatic rings. The van der Waals surface area contributed by atoms with E-state index in [4.69, 9.17) is 4.52 Å². The molecule has 1 aliphatic heterocycles. The van der Waals surface area contributed by atoms with Crippen LogP contribution in [0.1, 0.15) is 42.9 Å².